The molecule has 114 valence electrons. The molecule has 0 amide bonds. The van der Waals surface area contributed by atoms with Gasteiger partial charge in [-0.05, 0) is 17.7 Å². The topological polar surface area (TPSA) is 58.7 Å². The number of ether oxygens (including phenoxy) is 1. The summed E-state index contributed by atoms with van der Waals surface area (Å²) < 4.78 is 42.9. The smallest absolute Gasteiger partial charge is 0.401 e. The SMILES string of the molecule is COc1cccc(C(CN)N(CCO)CC(F)(F)F)c1. The van der Waals surface area contributed by atoms with E-state index in [1.54, 1.807) is 24.3 Å². The Morgan fingerprint density at radius 2 is 2.10 bits per heavy atom. The maximum Gasteiger partial charge on any atom is 0.401 e. The lowest BCUT2D eigenvalue weighted by Crippen LogP contribution is -2.41. The van der Waals surface area contributed by atoms with Crippen molar-refractivity contribution < 1.29 is 23.0 Å². The molecule has 1 atom stereocenters. The third-order valence-corrected chi connectivity index (χ3v) is 2.91. The van der Waals surface area contributed by atoms with Crippen molar-refractivity contribution in [3.63, 3.8) is 0 Å². The second-order valence-electron chi connectivity index (χ2n) is 4.34. The number of rotatable bonds is 7. The van der Waals surface area contributed by atoms with Crippen LogP contribution >= 0.6 is 0 Å². The van der Waals surface area contributed by atoms with Gasteiger partial charge >= 0.3 is 6.18 Å². The number of benzene rings is 1. The Morgan fingerprint density at radius 3 is 2.60 bits per heavy atom. The van der Waals surface area contributed by atoms with Gasteiger partial charge in [0.1, 0.15) is 5.75 Å². The highest BCUT2D eigenvalue weighted by Gasteiger charge is 2.33. The second kappa shape index (κ2) is 7.47. The van der Waals surface area contributed by atoms with Crippen molar-refractivity contribution in [1.29, 1.82) is 0 Å². The predicted molar refractivity (Wildman–Crippen MR) is 69.5 cm³/mol. The summed E-state index contributed by atoms with van der Waals surface area (Å²) in [4.78, 5) is 1.12. The predicted octanol–water partition coefficient (Wildman–Crippen LogP) is 1.55. The summed E-state index contributed by atoms with van der Waals surface area (Å²) in [5.41, 5.74) is 6.24. The number of methoxy groups -OCH3 is 1. The second-order valence-corrected chi connectivity index (χ2v) is 4.34. The van der Waals surface area contributed by atoms with Gasteiger partial charge in [0, 0.05) is 19.1 Å². The van der Waals surface area contributed by atoms with Crippen LogP contribution in [0.25, 0.3) is 0 Å². The molecular formula is C13H19F3N2O2. The fourth-order valence-electron chi connectivity index (χ4n) is 2.05. The monoisotopic (exact) mass is 292 g/mol. The summed E-state index contributed by atoms with van der Waals surface area (Å²) in [5.74, 6) is 0.553. The van der Waals surface area contributed by atoms with Gasteiger partial charge in [-0.25, -0.2) is 0 Å². The fraction of sp³-hybridized carbons (Fsp3) is 0.538. The van der Waals surface area contributed by atoms with Crippen molar-refractivity contribution in [3.8, 4) is 5.75 Å². The molecule has 0 spiro atoms. The van der Waals surface area contributed by atoms with E-state index in [9.17, 15) is 13.2 Å². The van der Waals surface area contributed by atoms with E-state index in [0.29, 0.717) is 11.3 Å². The van der Waals surface area contributed by atoms with Crippen LogP contribution in [-0.2, 0) is 0 Å². The molecule has 0 radical (unpaired) electrons. The van der Waals surface area contributed by atoms with Gasteiger partial charge < -0.3 is 15.6 Å². The molecule has 0 saturated heterocycles. The number of aliphatic hydroxyl groups is 1. The number of alkyl halides is 3. The van der Waals surface area contributed by atoms with Crippen molar-refractivity contribution in [2.24, 2.45) is 5.73 Å². The van der Waals surface area contributed by atoms with Gasteiger partial charge in [0.05, 0.1) is 20.3 Å². The van der Waals surface area contributed by atoms with E-state index in [-0.39, 0.29) is 19.7 Å². The number of hydrogen-bond donors (Lipinski definition) is 2. The van der Waals surface area contributed by atoms with E-state index in [4.69, 9.17) is 15.6 Å². The average Bonchev–Trinajstić information content (AvgIpc) is 2.38. The van der Waals surface area contributed by atoms with Gasteiger partial charge in [0.25, 0.3) is 0 Å². The number of halogens is 3. The Hall–Kier alpha value is -1.31. The number of aliphatic hydroxyl groups excluding tert-OH is 1. The molecule has 7 heteroatoms. The zero-order chi connectivity index (χ0) is 15.2. The maximum atomic E-state index is 12.6. The molecule has 20 heavy (non-hydrogen) atoms. The fourth-order valence-corrected chi connectivity index (χ4v) is 2.05. The third kappa shape index (κ3) is 4.99. The van der Waals surface area contributed by atoms with Crippen LogP contribution in [0.1, 0.15) is 11.6 Å². The lowest BCUT2D eigenvalue weighted by atomic mass is 10.0. The number of nitrogens with zero attached hydrogens (tertiary/aromatic N) is 1. The van der Waals surface area contributed by atoms with E-state index in [0.717, 1.165) is 4.90 Å². The maximum absolute atomic E-state index is 12.6. The van der Waals surface area contributed by atoms with Crippen LogP contribution in [-0.4, -0.2) is 49.5 Å². The van der Waals surface area contributed by atoms with E-state index in [1.807, 2.05) is 0 Å². The number of nitrogens with two attached hydrogens (primary N) is 1. The van der Waals surface area contributed by atoms with E-state index >= 15 is 0 Å². The van der Waals surface area contributed by atoms with E-state index in [1.165, 1.54) is 7.11 Å². The Labute approximate surface area is 115 Å². The minimum Gasteiger partial charge on any atom is -0.497 e. The zero-order valence-corrected chi connectivity index (χ0v) is 11.2. The minimum atomic E-state index is -4.35. The van der Waals surface area contributed by atoms with Crippen molar-refractivity contribution in [3.05, 3.63) is 29.8 Å². The average molecular weight is 292 g/mol. The molecule has 1 unspecified atom stereocenters. The summed E-state index contributed by atoms with van der Waals surface area (Å²) in [6.45, 7) is -1.56. The highest BCUT2D eigenvalue weighted by Crippen LogP contribution is 2.27. The first-order valence-electron chi connectivity index (χ1n) is 6.17. The van der Waals surface area contributed by atoms with Gasteiger partial charge in [-0.1, -0.05) is 12.1 Å². The van der Waals surface area contributed by atoms with Crippen LogP contribution in [0.15, 0.2) is 24.3 Å². The van der Waals surface area contributed by atoms with Crippen LogP contribution in [0, 0.1) is 0 Å². The Bertz CT molecular complexity index is 413. The molecule has 3 N–H and O–H groups in total. The lowest BCUT2D eigenvalue weighted by molar-refractivity contribution is -0.151. The largest absolute Gasteiger partial charge is 0.497 e. The van der Waals surface area contributed by atoms with Crippen molar-refractivity contribution in [2.45, 2.75) is 12.2 Å². The molecular weight excluding hydrogens is 273 g/mol. The lowest BCUT2D eigenvalue weighted by Gasteiger charge is -2.31. The van der Waals surface area contributed by atoms with Crippen molar-refractivity contribution in [1.82, 2.24) is 4.90 Å². The van der Waals surface area contributed by atoms with Crippen LogP contribution in [0.3, 0.4) is 0 Å². The summed E-state index contributed by atoms with van der Waals surface area (Å²) in [6, 6.07) is 6.12. The third-order valence-electron chi connectivity index (χ3n) is 2.91. The van der Waals surface area contributed by atoms with Crippen molar-refractivity contribution in [2.75, 3.05) is 33.4 Å². The first-order valence-corrected chi connectivity index (χ1v) is 6.17. The zero-order valence-electron chi connectivity index (χ0n) is 11.2. The van der Waals surface area contributed by atoms with Crippen LogP contribution in [0.5, 0.6) is 5.75 Å². The Balaban J connectivity index is 2.99. The molecule has 0 fully saturated rings. The van der Waals surface area contributed by atoms with Gasteiger partial charge in [-0.2, -0.15) is 13.2 Å². The van der Waals surface area contributed by atoms with Gasteiger partial charge in [0.2, 0.25) is 0 Å². The molecule has 0 saturated carbocycles. The summed E-state index contributed by atoms with van der Waals surface area (Å²) in [6.07, 6.45) is -4.35. The molecule has 1 rings (SSSR count). The van der Waals surface area contributed by atoms with Gasteiger partial charge in [0.15, 0.2) is 0 Å². The van der Waals surface area contributed by atoms with Gasteiger partial charge in [-0.3, -0.25) is 4.90 Å². The molecule has 4 nitrogen and oxygen atoms in total. The Morgan fingerprint density at radius 1 is 1.40 bits per heavy atom. The highest BCUT2D eigenvalue weighted by atomic mass is 19.4. The van der Waals surface area contributed by atoms with Crippen LogP contribution in [0.4, 0.5) is 13.2 Å². The molecule has 0 bridgehead atoms. The van der Waals surface area contributed by atoms with Crippen molar-refractivity contribution >= 4 is 0 Å². The summed E-state index contributed by atoms with van der Waals surface area (Å²) in [5, 5.41) is 8.95. The Kier molecular flexibility index (Phi) is 6.25. The standard InChI is InChI=1S/C13H19F3N2O2/c1-20-11-4-2-3-10(7-11)12(8-17)18(5-6-19)9-13(14,15)16/h2-4,7,12,19H,5-6,8-9,17H2,1H3. The first-order chi connectivity index (χ1) is 9.41. The molecule has 0 heterocycles. The van der Waals surface area contributed by atoms with E-state index < -0.39 is 18.8 Å². The quantitative estimate of drug-likeness (QED) is 0.800. The minimum absolute atomic E-state index is 0.0171. The van der Waals surface area contributed by atoms with Crippen LogP contribution < -0.4 is 10.5 Å². The first kappa shape index (κ1) is 16.7. The highest BCUT2D eigenvalue weighted by molar-refractivity contribution is 5.30. The normalized spacial score (nSPS) is 13.6. The molecule has 0 aromatic heterocycles. The molecule has 0 aliphatic heterocycles. The molecule has 0 aliphatic carbocycles. The molecule has 0 aliphatic rings. The number of hydrogen-bond acceptors (Lipinski definition) is 4. The molecule has 1 aromatic rings. The summed E-state index contributed by atoms with van der Waals surface area (Å²) >= 11 is 0. The van der Waals surface area contributed by atoms with Gasteiger partial charge in [-0.15, -0.1) is 0 Å². The van der Waals surface area contributed by atoms with Crippen LogP contribution in [0.2, 0.25) is 0 Å². The molecule has 1 aromatic carbocycles. The van der Waals surface area contributed by atoms with E-state index in [2.05, 4.69) is 0 Å². The summed E-state index contributed by atoms with van der Waals surface area (Å²) in [7, 11) is 1.48.